The minimum Gasteiger partial charge on any atom is -0.445 e. The molecular weight excluding hydrogens is 338 g/mol. The van der Waals surface area contributed by atoms with E-state index in [2.05, 4.69) is 18.2 Å². The highest BCUT2D eigenvalue weighted by Gasteiger charge is 2.50. The van der Waals surface area contributed by atoms with Crippen LogP contribution in [0.2, 0.25) is 0 Å². The summed E-state index contributed by atoms with van der Waals surface area (Å²) in [5, 5.41) is 11.4. The molecule has 0 aromatic heterocycles. The highest BCUT2D eigenvalue weighted by Crippen LogP contribution is 2.46. The van der Waals surface area contributed by atoms with Crippen molar-refractivity contribution < 1.29 is 14.6 Å². The van der Waals surface area contributed by atoms with Crippen molar-refractivity contribution >= 4 is 6.09 Å². The smallest absolute Gasteiger partial charge is 0.410 e. The van der Waals surface area contributed by atoms with Gasteiger partial charge in [-0.05, 0) is 47.9 Å². The number of benzene rings is 2. The van der Waals surface area contributed by atoms with Crippen molar-refractivity contribution in [2.45, 2.75) is 62.8 Å². The Kier molecular flexibility index (Phi) is 3.97. The van der Waals surface area contributed by atoms with Crippen LogP contribution in [0.5, 0.6) is 0 Å². The first kappa shape index (κ1) is 16.8. The van der Waals surface area contributed by atoms with Crippen LogP contribution in [0.4, 0.5) is 4.79 Å². The van der Waals surface area contributed by atoms with Gasteiger partial charge < -0.3 is 14.7 Å². The molecule has 4 nitrogen and oxygen atoms in total. The summed E-state index contributed by atoms with van der Waals surface area (Å²) in [6.07, 6.45) is 5.11. The van der Waals surface area contributed by atoms with Crippen molar-refractivity contribution in [2.24, 2.45) is 0 Å². The SMILES string of the molecule is O=C(OCc1ccccc1)N1C2CCC1CC(O)(c1ccc3c(c1)CC3)C2. The van der Waals surface area contributed by atoms with E-state index in [9.17, 15) is 9.90 Å². The van der Waals surface area contributed by atoms with Gasteiger partial charge in [0.25, 0.3) is 0 Å². The molecule has 3 aliphatic rings. The van der Waals surface area contributed by atoms with Crippen LogP contribution in [-0.4, -0.2) is 28.2 Å². The number of hydrogen-bond donors (Lipinski definition) is 1. The number of aryl methyl sites for hydroxylation is 2. The molecule has 2 saturated heterocycles. The lowest BCUT2D eigenvalue weighted by Crippen LogP contribution is -2.52. The maximum absolute atomic E-state index is 12.7. The summed E-state index contributed by atoms with van der Waals surface area (Å²) in [7, 11) is 0. The number of amides is 1. The topological polar surface area (TPSA) is 49.8 Å². The van der Waals surface area contributed by atoms with Gasteiger partial charge in [0.05, 0.1) is 5.60 Å². The Hall–Kier alpha value is -2.33. The van der Waals surface area contributed by atoms with Crippen molar-refractivity contribution in [3.8, 4) is 0 Å². The van der Waals surface area contributed by atoms with Gasteiger partial charge in [0.2, 0.25) is 0 Å². The molecule has 2 bridgehead atoms. The molecule has 1 N–H and O–H groups in total. The number of hydrogen-bond acceptors (Lipinski definition) is 3. The molecule has 2 aromatic carbocycles. The van der Waals surface area contributed by atoms with E-state index in [0.29, 0.717) is 19.4 Å². The van der Waals surface area contributed by atoms with Crippen LogP contribution >= 0.6 is 0 Å². The number of ether oxygens (including phenoxy) is 1. The van der Waals surface area contributed by atoms with Crippen LogP contribution in [0.3, 0.4) is 0 Å². The Labute approximate surface area is 159 Å². The lowest BCUT2D eigenvalue weighted by atomic mass is 9.77. The van der Waals surface area contributed by atoms with E-state index in [1.54, 1.807) is 0 Å². The number of carbonyl (C=O) groups is 1. The number of carbonyl (C=O) groups excluding carboxylic acids is 1. The molecule has 1 aliphatic carbocycles. The van der Waals surface area contributed by atoms with Gasteiger partial charge >= 0.3 is 6.09 Å². The average Bonchev–Trinajstić information content (AvgIpc) is 2.94. The fourth-order valence-electron chi connectivity index (χ4n) is 5.04. The van der Waals surface area contributed by atoms with E-state index in [4.69, 9.17) is 4.74 Å². The number of nitrogens with zero attached hydrogens (tertiary/aromatic N) is 1. The number of fused-ring (bicyclic) bond motifs is 3. The summed E-state index contributed by atoms with van der Waals surface area (Å²) in [5.41, 5.74) is 3.97. The molecule has 0 radical (unpaired) electrons. The van der Waals surface area contributed by atoms with Gasteiger partial charge in [-0.2, -0.15) is 0 Å². The third-order valence-corrected chi connectivity index (χ3v) is 6.59. The van der Waals surface area contributed by atoms with E-state index in [1.165, 1.54) is 11.1 Å². The van der Waals surface area contributed by atoms with Crippen LogP contribution in [-0.2, 0) is 29.8 Å². The Morgan fingerprint density at radius 1 is 1.04 bits per heavy atom. The van der Waals surface area contributed by atoms with Gasteiger partial charge in [-0.15, -0.1) is 0 Å². The van der Waals surface area contributed by atoms with E-state index in [1.807, 2.05) is 35.2 Å². The summed E-state index contributed by atoms with van der Waals surface area (Å²) in [4.78, 5) is 14.6. The standard InChI is InChI=1S/C23H25NO3/c25-22(27-15-16-4-2-1-3-5-16)24-20-10-11-21(24)14-23(26,13-20)19-9-8-17-6-7-18(17)12-19/h1-5,8-9,12,20-21,26H,6-7,10-11,13-15H2. The van der Waals surface area contributed by atoms with Crippen LogP contribution in [0.1, 0.15) is 47.9 Å². The van der Waals surface area contributed by atoms with Crippen molar-refractivity contribution in [3.63, 3.8) is 0 Å². The molecule has 2 aromatic rings. The Bertz CT molecular complexity index is 849. The first-order valence-corrected chi connectivity index (χ1v) is 9.96. The third kappa shape index (κ3) is 2.92. The third-order valence-electron chi connectivity index (χ3n) is 6.59. The summed E-state index contributed by atoms with van der Waals surface area (Å²) in [6.45, 7) is 0.296. The monoisotopic (exact) mass is 363 g/mol. The Morgan fingerprint density at radius 3 is 2.37 bits per heavy atom. The molecule has 5 rings (SSSR count). The fraction of sp³-hybridized carbons (Fsp3) is 0.435. The zero-order valence-electron chi connectivity index (χ0n) is 15.4. The van der Waals surface area contributed by atoms with Crippen molar-refractivity contribution in [3.05, 3.63) is 70.8 Å². The number of piperidine rings is 1. The largest absolute Gasteiger partial charge is 0.445 e. The molecule has 27 heavy (non-hydrogen) atoms. The van der Waals surface area contributed by atoms with Crippen molar-refractivity contribution in [2.75, 3.05) is 0 Å². The van der Waals surface area contributed by atoms with Crippen LogP contribution in [0.25, 0.3) is 0 Å². The average molecular weight is 363 g/mol. The maximum atomic E-state index is 12.7. The minimum atomic E-state index is -0.827. The molecule has 2 fully saturated rings. The quantitative estimate of drug-likeness (QED) is 0.899. The van der Waals surface area contributed by atoms with Crippen molar-refractivity contribution in [1.82, 2.24) is 4.90 Å². The van der Waals surface area contributed by atoms with Gasteiger partial charge in [-0.3, -0.25) is 0 Å². The number of aliphatic hydroxyl groups is 1. The predicted molar refractivity (Wildman–Crippen MR) is 102 cm³/mol. The van der Waals surface area contributed by atoms with Crippen LogP contribution in [0.15, 0.2) is 48.5 Å². The molecule has 2 unspecified atom stereocenters. The van der Waals surface area contributed by atoms with Gasteiger partial charge in [0.15, 0.2) is 0 Å². The second-order valence-corrected chi connectivity index (χ2v) is 8.26. The van der Waals surface area contributed by atoms with Gasteiger partial charge in [-0.1, -0.05) is 48.5 Å². The molecule has 2 aliphatic heterocycles. The predicted octanol–water partition coefficient (Wildman–Crippen LogP) is 3.94. The summed E-state index contributed by atoms with van der Waals surface area (Å²) < 4.78 is 5.57. The second-order valence-electron chi connectivity index (χ2n) is 8.26. The van der Waals surface area contributed by atoms with Crippen LogP contribution < -0.4 is 0 Å². The first-order valence-electron chi connectivity index (χ1n) is 9.96. The number of rotatable bonds is 3. The molecule has 2 heterocycles. The molecule has 0 spiro atoms. The summed E-state index contributed by atoms with van der Waals surface area (Å²) >= 11 is 0. The van der Waals surface area contributed by atoms with E-state index >= 15 is 0 Å². The molecule has 2 atom stereocenters. The minimum absolute atomic E-state index is 0.0584. The highest BCUT2D eigenvalue weighted by atomic mass is 16.6. The Balaban J connectivity index is 1.29. The normalized spacial score (nSPS) is 28.4. The van der Waals surface area contributed by atoms with Gasteiger partial charge in [0, 0.05) is 24.9 Å². The summed E-state index contributed by atoms with van der Waals surface area (Å²) in [6, 6.07) is 16.3. The van der Waals surface area contributed by atoms with Gasteiger partial charge in [0.1, 0.15) is 6.61 Å². The summed E-state index contributed by atoms with van der Waals surface area (Å²) in [5.74, 6) is 0. The van der Waals surface area contributed by atoms with Gasteiger partial charge in [-0.25, -0.2) is 4.79 Å². The molecule has 1 amide bonds. The highest BCUT2D eigenvalue weighted by molar-refractivity contribution is 5.69. The zero-order chi connectivity index (χ0) is 18.4. The maximum Gasteiger partial charge on any atom is 0.410 e. The van der Waals surface area contributed by atoms with E-state index in [0.717, 1.165) is 36.8 Å². The molecule has 4 heteroatoms. The van der Waals surface area contributed by atoms with Crippen LogP contribution in [0, 0.1) is 0 Å². The molecule has 0 saturated carbocycles. The lowest BCUT2D eigenvalue weighted by molar-refractivity contribution is -0.0537. The zero-order valence-corrected chi connectivity index (χ0v) is 15.4. The van der Waals surface area contributed by atoms with E-state index in [-0.39, 0.29) is 18.2 Å². The Morgan fingerprint density at radius 2 is 1.74 bits per heavy atom. The van der Waals surface area contributed by atoms with Crippen molar-refractivity contribution in [1.29, 1.82) is 0 Å². The molecule has 140 valence electrons. The second kappa shape index (κ2) is 6.38. The first-order chi connectivity index (χ1) is 13.1. The fourth-order valence-corrected chi connectivity index (χ4v) is 5.04. The lowest BCUT2D eigenvalue weighted by Gasteiger charge is -2.43. The van der Waals surface area contributed by atoms with E-state index < -0.39 is 5.60 Å². The molecular formula is C23H25NO3.